The highest BCUT2D eigenvalue weighted by atomic mass is 32.1. The fraction of sp³-hybridized carbons (Fsp3) is 0.438. The molecule has 0 radical (unpaired) electrons. The van der Waals surface area contributed by atoms with Gasteiger partial charge in [0.2, 0.25) is 5.91 Å². The summed E-state index contributed by atoms with van der Waals surface area (Å²) < 4.78 is 1.16. The zero-order chi connectivity index (χ0) is 14.7. The van der Waals surface area contributed by atoms with E-state index in [2.05, 4.69) is 10.6 Å². The second kappa shape index (κ2) is 6.56. The van der Waals surface area contributed by atoms with Crippen LogP contribution in [0.25, 0.3) is 10.1 Å². The van der Waals surface area contributed by atoms with Crippen molar-refractivity contribution in [2.24, 2.45) is 0 Å². The number of nitrogens with one attached hydrogen (secondary N) is 2. The van der Waals surface area contributed by atoms with Crippen LogP contribution in [0.3, 0.4) is 0 Å². The van der Waals surface area contributed by atoms with Crippen LogP contribution in [-0.2, 0) is 4.79 Å². The van der Waals surface area contributed by atoms with Crippen molar-refractivity contribution in [2.45, 2.75) is 31.4 Å². The highest BCUT2D eigenvalue weighted by molar-refractivity contribution is 7.19. The number of hydrogen-bond acceptors (Lipinski definition) is 4. The van der Waals surface area contributed by atoms with E-state index in [1.165, 1.54) is 0 Å². The zero-order valence-corrected chi connectivity index (χ0v) is 12.7. The lowest BCUT2D eigenvalue weighted by Crippen LogP contribution is -2.47. The molecule has 1 aliphatic rings. The van der Waals surface area contributed by atoms with E-state index >= 15 is 0 Å². The van der Waals surface area contributed by atoms with E-state index in [1.807, 2.05) is 30.3 Å². The number of rotatable bonds is 4. The molecule has 0 bridgehead atoms. The summed E-state index contributed by atoms with van der Waals surface area (Å²) in [7, 11) is 0. The van der Waals surface area contributed by atoms with Crippen molar-refractivity contribution in [2.75, 3.05) is 13.1 Å². The standard InChI is InChI=1S/C16H20N2O2S/c19-13(10-18-16(20)12-6-3-4-8-17-12)15-9-11-5-1-2-7-14(11)21-15/h1-2,5,7,9,12-13,17,19H,3-4,6,8,10H2,(H,18,20)/t12-,13?/m1/s1. The molecule has 112 valence electrons. The Morgan fingerprint density at radius 2 is 2.29 bits per heavy atom. The summed E-state index contributed by atoms with van der Waals surface area (Å²) in [4.78, 5) is 12.9. The van der Waals surface area contributed by atoms with Crippen LogP contribution in [0.5, 0.6) is 0 Å². The number of aliphatic hydroxyl groups is 1. The number of hydrogen-bond donors (Lipinski definition) is 3. The Morgan fingerprint density at radius 1 is 1.43 bits per heavy atom. The summed E-state index contributed by atoms with van der Waals surface area (Å²) in [5, 5.41) is 17.4. The Balaban J connectivity index is 1.58. The third-order valence-electron chi connectivity index (χ3n) is 3.87. The first-order valence-electron chi connectivity index (χ1n) is 7.41. The largest absolute Gasteiger partial charge is 0.386 e. The van der Waals surface area contributed by atoms with Crippen LogP contribution in [-0.4, -0.2) is 30.1 Å². The maximum atomic E-state index is 12.0. The molecule has 2 aromatic rings. The predicted molar refractivity (Wildman–Crippen MR) is 85.4 cm³/mol. The van der Waals surface area contributed by atoms with Gasteiger partial charge in [0.25, 0.3) is 0 Å². The third kappa shape index (κ3) is 3.43. The molecule has 1 aliphatic heterocycles. The summed E-state index contributed by atoms with van der Waals surface area (Å²) in [5.74, 6) is -0.00476. The molecule has 0 saturated carbocycles. The number of benzene rings is 1. The predicted octanol–water partition coefficient (Wildman–Crippen LogP) is 2.19. The number of piperidine rings is 1. The molecule has 1 aromatic carbocycles. The van der Waals surface area contributed by atoms with Crippen LogP contribution >= 0.6 is 11.3 Å². The Hall–Kier alpha value is -1.43. The summed E-state index contributed by atoms with van der Waals surface area (Å²) in [6, 6.07) is 9.95. The molecule has 1 unspecified atom stereocenters. The van der Waals surface area contributed by atoms with E-state index in [9.17, 15) is 9.90 Å². The van der Waals surface area contributed by atoms with Gasteiger partial charge in [-0.05, 0) is 36.9 Å². The van der Waals surface area contributed by atoms with E-state index in [-0.39, 0.29) is 18.5 Å². The number of carbonyl (C=O) groups excluding carboxylic acids is 1. The SMILES string of the molecule is O=C(NCC(O)c1cc2ccccc2s1)[C@H]1CCCCN1. The monoisotopic (exact) mass is 304 g/mol. The van der Waals surface area contributed by atoms with Crippen molar-refractivity contribution in [3.05, 3.63) is 35.2 Å². The van der Waals surface area contributed by atoms with Crippen LogP contribution < -0.4 is 10.6 Å². The summed E-state index contributed by atoms with van der Waals surface area (Å²) in [6.45, 7) is 1.17. The minimum Gasteiger partial charge on any atom is -0.386 e. The van der Waals surface area contributed by atoms with E-state index in [0.717, 1.165) is 40.8 Å². The minimum absolute atomic E-state index is 0.00476. The van der Waals surface area contributed by atoms with Crippen LogP contribution in [0.4, 0.5) is 0 Å². The molecule has 2 atom stereocenters. The van der Waals surface area contributed by atoms with Gasteiger partial charge in [0.1, 0.15) is 6.10 Å². The van der Waals surface area contributed by atoms with Crippen molar-refractivity contribution in [1.29, 1.82) is 0 Å². The van der Waals surface area contributed by atoms with Gasteiger partial charge < -0.3 is 15.7 Å². The Bertz CT molecular complexity index is 587. The fourth-order valence-electron chi connectivity index (χ4n) is 2.66. The van der Waals surface area contributed by atoms with Crippen molar-refractivity contribution in [1.82, 2.24) is 10.6 Å². The molecule has 1 amide bonds. The number of carbonyl (C=O) groups is 1. The average molecular weight is 304 g/mol. The topological polar surface area (TPSA) is 61.4 Å². The molecule has 3 N–H and O–H groups in total. The van der Waals surface area contributed by atoms with Gasteiger partial charge in [0, 0.05) is 16.1 Å². The quantitative estimate of drug-likeness (QED) is 0.811. The van der Waals surface area contributed by atoms with Crippen LogP contribution in [0, 0.1) is 0 Å². The molecular formula is C16H20N2O2S. The van der Waals surface area contributed by atoms with Crippen molar-refractivity contribution in [3.63, 3.8) is 0 Å². The lowest BCUT2D eigenvalue weighted by atomic mass is 10.0. The van der Waals surface area contributed by atoms with Gasteiger partial charge in [-0.3, -0.25) is 4.79 Å². The van der Waals surface area contributed by atoms with Gasteiger partial charge in [-0.2, -0.15) is 0 Å². The normalized spacial score (nSPS) is 20.3. The van der Waals surface area contributed by atoms with Gasteiger partial charge in [-0.15, -0.1) is 11.3 Å². The summed E-state index contributed by atoms with van der Waals surface area (Å²) >= 11 is 1.58. The molecule has 2 heterocycles. The Morgan fingerprint density at radius 3 is 3.05 bits per heavy atom. The molecule has 3 rings (SSSR count). The van der Waals surface area contributed by atoms with Gasteiger partial charge in [-0.25, -0.2) is 0 Å². The van der Waals surface area contributed by atoms with Gasteiger partial charge in [0.05, 0.1) is 6.04 Å². The van der Waals surface area contributed by atoms with E-state index in [1.54, 1.807) is 11.3 Å². The Kier molecular flexibility index (Phi) is 4.53. The molecule has 1 saturated heterocycles. The second-order valence-corrected chi connectivity index (χ2v) is 6.57. The first-order valence-corrected chi connectivity index (χ1v) is 8.23. The van der Waals surface area contributed by atoms with Crippen molar-refractivity contribution < 1.29 is 9.90 Å². The molecular weight excluding hydrogens is 284 g/mol. The molecule has 0 spiro atoms. The average Bonchev–Trinajstić information content (AvgIpc) is 2.97. The number of fused-ring (bicyclic) bond motifs is 1. The summed E-state index contributed by atoms with van der Waals surface area (Å²) in [5.41, 5.74) is 0. The van der Waals surface area contributed by atoms with Crippen LogP contribution in [0.15, 0.2) is 30.3 Å². The number of amides is 1. The lowest BCUT2D eigenvalue weighted by Gasteiger charge is -2.23. The van der Waals surface area contributed by atoms with Crippen LogP contribution in [0.1, 0.15) is 30.2 Å². The van der Waals surface area contributed by atoms with Gasteiger partial charge in [0.15, 0.2) is 0 Å². The molecule has 21 heavy (non-hydrogen) atoms. The van der Waals surface area contributed by atoms with Crippen molar-refractivity contribution in [3.8, 4) is 0 Å². The van der Waals surface area contributed by atoms with Gasteiger partial charge in [-0.1, -0.05) is 24.6 Å². The minimum atomic E-state index is -0.644. The Labute approximate surface area is 128 Å². The molecule has 4 nitrogen and oxygen atoms in total. The summed E-state index contributed by atoms with van der Waals surface area (Å²) in [6.07, 6.45) is 2.46. The smallest absolute Gasteiger partial charge is 0.237 e. The number of thiophene rings is 1. The van der Waals surface area contributed by atoms with E-state index in [0.29, 0.717) is 0 Å². The fourth-order valence-corrected chi connectivity index (χ4v) is 3.71. The first-order chi connectivity index (χ1) is 10.2. The molecule has 1 aromatic heterocycles. The lowest BCUT2D eigenvalue weighted by molar-refractivity contribution is -0.124. The van der Waals surface area contributed by atoms with Crippen LogP contribution in [0.2, 0.25) is 0 Å². The number of aliphatic hydroxyl groups excluding tert-OH is 1. The highest BCUT2D eigenvalue weighted by Crippen LogP contribution is 2.29. The third-order valence-corrected chi connectivity index (χ3v) is 5.09. The second-order valence-electron chi connectivity index (χ2n) is 5.45. The highest BCUT2D eigenvalue weighted by Gasteiger charge is 2.21. The van der Waals surface area contributed by atoms with E-state index in [4.69, 9.17) is 0 Å². The maximum absolute atomic E-state index is 12.0. The zero-order valence-electron chi connectivity index (χ0n) is 11.8. The van der Waals surface area contributed by atoms with Gasteiger partial charge >= 0.3 is 0 Å². The molecule has 1 fully saturated rings. The van der Waals surface area contributed by atoms with Crippen molar-refractivity contribution >= 4 is 27.3 Å². The maximum Gasteiger partial charge on any atom is 0.237 e. The first kappa shape index (κ1) is 14.5. The molecule has 0 aliphatic carbocycles. The van der Waals surface area contributed by atoms with E-state index < -0.39 is 6.10 Å². The molecule has 5 heteroatoms.